The van der Waals surface area contributed by atoms with Crippen LogP contribution in [0, 0.1) is 11.2 Å². The molecule has 2 N–H and O–H groups in total. The van der Waals surface area contributed by atoms with E-state index >= 15 is 0 Å². The van der Waals surface area contributed by atoms with Gasteiger partial charge in [0.05, 0.1) is 11.8 Å². The van der Waals surface area contributed by atoms with Crippen LogP contribution in [0.4, 0.5) is 13.2 Å². The molecule has 2 aromatic carbocycles. The molecule has 8 heteroatoms. The molecule has 0 bridgehead atoms. The lowest BCUT2D eigenvalue weighted by atomic mass is 9.60. The third kappa shape index (κ3) is 4.14. The maximum atomic E-state index is 14.3. The van der Waals surface area contributed by atoms with E-state index in [2.05, 4.69) is 4.99 Å². The van der Waals surface area contributed by atoms with Gasteiger partial charge in [0.2, 0.25) is 0 Å². The van der Waals surface area contributed by atoms with E-state index in [4.69, 9.17) is 27.1 Å². The SMILES string of the molecule is CCC(F)(F)CN=C1CC(N)=NC12c1cc(-c3cc(F)cc(Cl)c3)ccc1CC21CCC(OC)CC1. The van der Waals surface area contributed by atoms with E-state index in [9.17, 15) is 13.2 Å². The van der Waals surface area contributed by atoms with Crippen molar-refractivity contribution >= 4 is 23.1 Å². The summed E-state index contributed by atoms with van der Waals surface area (Å²) in [5, 5.41) is 0.307. The number of amidine groups is 1. The minimum Gasteiger partial charge on any atom is -0.387 e. The highest BCUT2D eigenvalue weighted by atomic mass is 35.5. The molecular weight excluding hydrogens is 487 g/mol. The van der Waals surface area contributed by atoms with Crippen molar-refractivity contribution in [3.63, 3.8) is 0 Å². The summed E-state index contributed by atoms with van der Waals surface area (Å²) in [5.41, 5.74) is 9.16. The Kier molecular flexibility index (Phi) is 6.44. The van der Waals surface area contributed by atoms with Crippen molar-refractivity contribution in [1.29, 1.82) is 0 Å². The van der Waals surface area contributed by atoms with Crippen LogP contribution in [-0.4, -0.2) is 37.2 Å². The number of aliphatic imine (C=N–C) groups is 2. The summed E-state index contributed by atoms with van der Waals surface area (Å²) in [7, 11) is 1.73. The van der Waals surface area contributed by atoms with E-state index in [0.29, 0.717) is 22.1 Å². The summed E-state index contributed by atoms with van der Waals surface area (Å²) in [6, 6.07) is 10.4. The van der Waals surface area contributed by atoms with Crippen LogP contribution in [0.1, 0.15) is 56.6 Å². The van der Waals surface area contributed by atoms with Crippen LogP contribution >= 0.6 is 11.6 Å². The highest BCUT2D eigenvalue weighted by molar-refractivity contribution is 6.30. The van der Waals surface area contributed by atoms with E-state index in [-0.39, 0.29) is 24.4 Å². The molecule has 0 saturated heterocycles. The summed E-state index contributed by atoms with van der Waals surface area (Å²) < 4.78 is 48.5. The second kappa shape index (κ2) is 9.18. The van der Waals surface area contributed by atoms with Crippen LogP contribution in [0.2, 0.25) is 5.02 Å². The summed E-state index contributed by atoms with van der Waals surface area (Å²) in [4.78, 5) is 9.57. The summed E-state index contributed by atoms with van der Waals surface area (Å²) in [6.45, 7) is 0.874. The second-order valence-corrected chi connectivity index (χ2v) is 10.8. The molecule has 2 spiro atoms. The number of nitrogens with zero attached hydrogens (tertiary/aromatic N) is 2. The first-order valence-electron chi connectivity index (χ1n) is 12.5. The van der Waals surface area contributed by atoms with Gasteiger partial charge in [0.15, 0.2) is 0 Å². The Bertz CT molecular complexity index is 1220. The topological polar surface area (TPSA) is 60.0 Å². The van der Waals surface area contributed by atoms with Gasteiger partial charge >= 0.3 is 0 Å². The lowest BCUT2D eigenvalue weighted by Crippen LogP contribution is -2.48. The van der Waals surface area contributed by atoms with Crippen molar-refractivity contribution in [3.05, 3.63) is 58.4 Å². The van der Waals surface area contributed by atoms with Gasteiger partial charge in [0, 0.05) is 30.4 Å². The molecule has 192 valence electrons. The standard InChI is InChI=1S/C28H31ClF3N3O/c1-3-27(31,32)16-34-24-14-25(33)35-28(24)23-12-17(19-10-20(29)13-21(30)11-19)4-5-18(23)15-26(28)8-6-22(36-2)7-9-26/h4-5,10-13,22H,3,6-9,14-16H2,1-2H3,(H2,33,35). The van der Waals surface area contributed by atoms with Crippen LogP contribution in [-0.2, 0) is 16.7 Å². The molecule has 5 rings (SSSR count). The number of alkyl halides is 2. The first-order chi connectivity index (χ1) is 17.1. The minimum absolute atomic E-state index is 0.161. The van der Waals surface area contributed by atoms with Gasteiger partial charge in [0.1, 0.15) is 23.7 Å². The van der Waals surface area contributed by atoms with Crippen molar-refractivity contribution < 1.29 is 17.9 Å². The van der Waals surface area contributed by atoms with E-state index < -0.39 is 23.8 Å². The Morgan fingerprint density at radius 3 is 2.58 bits per heavy atom. The van der Waals surface area contributed by atoms with Crippen molar-refractivity contribution in [2.75, 3.05) is 13.7 Å². The smallest absolute Gasteiger partial charge is 0.267 e. The number of fused-ring (bicyclic) bond motifs is 3. The highest BCUT2D eigenvalue weighted by Gasteiger charge is 2.63. The normalized spacial score (nSPS) is 28.8. The van der Waals surface area contributed by atoms with Crippen LogP contribution in [0.15, 0.2) is 46.4 Å². The Hall–Kier alpha value is -2.38. The largest absolute Gasteiger partial charge is 0.387 e. The Morgan fingerprint density at radius 2 is 1.92 bits per heavy atom. The van der Waals surface area contributed by atoms with E-state index in [1.165, 1.54) is 19.1 Å². The molecule has 0 amide bonds. The third-order valence-electron chi connectivity index (χ3n) is 8.31. The van der Waals surface area contributed by atoms with Crippen LogP contribution in [0.25, 0.3) is 11.1 Å². The predicted octanol–water partition coefficient (Wildman–Crippen LogP) is 6.72. The third-order valence-corrected chi connectivity index (χ3v) is 8.53. The van der Waals surface area contributed by atoms with Gasteiger partial charge < -0.3 is 10.5 Å². The lowest BCUT2D eigenvalue weighted by Gasteiger charge is -2.46. The Labute approximate surface area is 214 Å². The predicted molar refractivity (Wildman–Crippen MR) is 138 cm³/mol. The van der Waals surface area contributed by atoms with Gasteiger partial charge in [-0.05, 0) is 78.6 Å². The number of ether oxygens (including phenoxy) is 1. The average Bonchev–Trinajstić information content (AvgIpc) is 3.32. The highest BCUT2D eigenvalue weighted by Crippen LogP contribution is 2.62. The molecule has 4 nitrogen and oxygen atoms in total. The number of hydrogen-bond donors (Lipinski definition) is 1. The average molecular weight is 518 g/mol. The van der Waals surface area contributed by atoms with E-state index in [0.717, 1.165) is 48.8 Å². The molecule has 1 aliphatic heterocycles. The molecule has 2 aromatic rings. The molecule has 0 aromatic heterocycles. The lowest BCUT2D eigenvalue weighted by molar-refractivity contribution is 0.00570. The van der Waals surface area contributed by atoms with Gasteiger partial charge in [-0.3, -0.25) is 9.98 Å². The molecule has 1 unspecified atom stereocenters. The number of methoxy groups -OCH3 is 1. The number of halogens is 4. The fourth-order valence-corrected chi connectivity index (χ4v) is 6.64. The maximum absolute atomic E-state index is 14.3. The van der Waals surface area contributed by atoms with Gasteiger partial charge in [0.25, 0.3) is 5.92 Å². The molecular formula is C28H31ClF3N3O. The van der Waals surface area contributed by atoms with Crippen LogP contribution in [0.3, 0.4) is 0 Å². The van der Waals surface area contributed by atoms with Crippen LogP contribution < -0.4 is 5.73 Å². The molecule has 1 fully saturated rings. The van der Waals surface area contributed by atoms with Crippen LogP contribution in [0.5, 0.6) is 0 Å². The van der Waals surface area contributed by atoms with Gasteiger partial charge in [-0.1, -0.05) is 30.7 Å². The molecule has 1 heterocycles. The Balaban J connectivity index is 1.68. The molecule has 2 aliphatic carbocycles. The first-order valence-corrected chi connectivity index (χ1v) is 12.9. The fraction of sp³-hybridized carbons (Fsp3) is 0.500. The Morgan fingerprint density at radius 1 is 1.17 bits per heavy atom. The fourth-order valence-electron chi connectivity index (χ4n) is 6.42. The molecule has 0 radical (unpaired) electrons. The number of benzene rings is 2. The van der Waals surface area contributed by atoms with Crippen molar-refractivity contribution in [1.82, 2.24) is 0 Å². The van der Waals surface area contributed by atoms with Crippen molar-refractivity contribution in [2.45, 2.75) is 69.4 Å². The number of hydrogen-bond acceptors (Lipinski definition) is 4. The van der Waals surface area contributed by atoms with Gasteiger partial charge in [-0.2, -0.15) is 0 Å². The monoisotopic (exact) mass is 517 g/mol. The first kappa shape index (κ1) is 25.3. The van der Waals surface area contributed by atoms with E-state index in [1.807, 2.05) is 18.2 Å². The van der Waals surface area contributed by atoms with E-state index in [1.54, 1.807) is 13.2 Å². The summed E-state index contributed by atoms with van der Waals surface area (Å²) in [5.74, 6) is -2.91. The zero-order valence-electron chi connectivity index (χ0n) is 20.6. The van der Waals surface area contributed by atoms with Gasteiger partial charge in [-0.25, -0.2) is 13.2 Å². The van der Waals surface area contributed by atoms with Gasteiger partial charge in [-0.15, -0.1) is 0 Å². The zero-order valence-corrected chi connectivity index (χ0v) is 21.3. The van der Waals surface area contributed by atoms with Crippen molar-refractivity contribution in [2.24, 2.45) is 21.1 Å². The number of rotatable bonds is 5. The zero-order chi connectivity index (χ0) is 25.7. The molecule has 1 atom stereocenters. The molecule has 36 heavy (non-hydrogen) atoms. The summed E-state index contributed by atoms with van der Waals surface area (Å²) in [6.07, 6.45) is 4.25. The second-order valence-electron chi connectivity index (χ2n) is 10.4. The minimum atomic E-state index is -2.89. The number of nitrogens with two attached hydrogens (primary N) is 1. The van der Waals surface area contributed by atoms with Crippen molar-refractivity contribution in [3.8, 4) is 11.1 Å². The summed E-state index contributed by atoms with van der Waals surface area (Å²) >= 11 is 6.14. The molecule has 3 aliphatic rings. The molecule has 1 saturated carbocycles. The quantitative estimate of drug-likeness (QED) is 0.478. The maximum Gasteiger partial charge on any atom is 0.267 e.